The summed E-state index contributed by atoms with van der Waals surface area (Å²) in [7, 11) is -3.06. The molecular weight excluding hydrogens is 194 g/mol. The smallest absolute Gasteiger partial charge is 0.308 e. The molecule has 13 heavy (non-hydrogen) atoms. The molecule has 0 radical (unpaired) electrons. The minimum Gasteiger partial charge on any atom is -0.481 e. The van der Waals surface area contributed by atoms with Crippen LogP contribution < -0.4 is 5.73 Å². The van der Waals surface area contributed by atoms with E-state index in [1.807, 2.05) is 0 Å². The van der Waals surface area contributed by atoms with E-state index in [1.54, 1.807) is 0 Å². The number of carboxylic acid groups (broad SMARTS) is 1. The van der Waals surface area contributed by atoms with Crippen LogP contribution in [0.15, 0.2) is 0 Å². The Morgan fingerprint density at radius 3 is 2.38 bits per heavy atom. The number of rotatable bonds is 1. The van der Waals surface area contributed by atoms with E-state index in [1.165, 1.54) is 0 Å². The van der Waals surface area contributed by atoms with Crippen LogP contribution in [0.4, 0.5) is 0 Å². The normalized spacial score (nSPS) is 33.6. The van der Waals surface area contributed by atoms with Crippen molar-refractivity contribution in [1.82, 2.24) is 0 Å². The molecule has 1 heterocycles. The molecule has 0 bridgehead atoms. The van der Waals surface area contributed by atoms with Crippen molar-refractivity contribution in [3.05, 3.63) is 0 Å². The number of carboxylic acids is 1. The summed E-state index contributed by atoms with van der Waals surface area (Å²) < 4.78 is 22.3. The number of hydrogen-bond donors (Lipinski definition) is 2. The monoisotopic (exact) mass is 207 g/mol. The molecule has 0 spiro atoms. The van der Waals surface area contributed by atoms with E-state index in [9.17, 15) is 13.2 Å². The van der Waals surface area contributed by atoms with E-state index in [0.29, 0.717) is 0 Å². The van der Waals surface area contributed by atoms with Crippen molar-refractivity contribution in [1.29, 1.82) is 0 Å². The first-order valence-electron chi connectivity index (χ1n) is 4.11. The molecule has 1 saturated heterocycles. The first-order valence-corrected chi connectivity index (χ1v) is 5.93. The Balaban J connectivity index is 2.76. The summed E-state index contributed by atoms with van der Waals surface area (Å²) in [6, 6.07) is -0.533. The second kappa shape index (κ2) is 3.63. The Labute approximate surface area is 76.8 Å². The predicted octanol–water partition coefficient (Wildman–Crippen LogP) is -0.777. The Morgan fingerprint density at radius 2 is 1.85 bits per heavy atom. The largest absolute Gasteiger partial charge is 0.481 e. The summed E-state index contributed by atoms with van der Waals surface area (Å²) in [6.45, 7) is 0. The zero-order valence-corrected chi connectivity index (χ0v) is 7.96. The van der Waals surface area contributed by atoms with E-state index >= 15 is 0 Å². The van der Waals surface area contributed by atoms with Gasteiger partial charge in [-0.25, -0.2) is 8.42 Å². The number of hydrogen-bond acceptors (Lipinski definition) is 4. The molecule has 1 aliphatic heterocycles. The van der Waals surface area contributed by atoms with Crippen LogP contribution in [0.2, 0.25) is 0 Å². The summed E-state index contributed by atoms with van der Waals surface area (Å²) in [5.74, 6) is -1.75. The van der Waals surface area contributed by atoms with Gasteiger partial charge >= 0.3 is 5.97 Å². The maximum atomic E-state index is 11.1. The summed E-state index contributed by atoms with van der Waals surface area (Å²) in [5, 5.41) is 8.73. The lowest BCUT2D eigenvalue weighted by atomic mass is 9.96. The quantitative estimate of drug-likeness (QED) is 0.588. The van der Waals surface area contributed by atoms with Crippen LogP contribution in [0.25, 0.3) is 0 Å². The third-order valence-electron chi connectivity index (χ3n) is 2.34. The summed E-state index contributed by atoms with van der Waals surface area (Å²) in [5.41, 5.74) is 5.56. The molecule has 0 aromatic carbocycles. The number of nitrogens with two attached hydrogens (primary N) is 1. The molecule has 1 fully saturated rings. The van der Waals surface area contributed by atoms with Crippen LogP contribution in [0.1, 0.15) is 12.8 Å². The lowest BCUT2D eigenvalue weighted by Crippen LogP contribution is -2.35. The van der Waals surface area contributed by atoms with Gasteiger partial charge in [0.2, 0.25) is 0 Å². The third kappa shape index (κ3) is 2.67. The van der Waals surface area contributed by atoms with Gasteiger partial charge in [-0.2, -0.15) is 0 Å². The van der Waals surface area contributed by atoms with Crippen LogP contribution in [0.3, 0.4) is 0 Å². The lowest BCUT2D eigenvalue weighted by Gasteiger charge is -2.14. The van der Waals surface area contributed by atoms with Crippen LogP contribution >= 0.6 is 0 Å². The highest BCUT2D eigenvalue weighted by Crippen LogP contribution is 2.18. The second-order valence-electron chi connectivity index (χ2n) is 3.34. The summed E-state index contributed by atoms with van der Waals surface area (Å²) in [6.07, 6.45) is 0.387. The summed E-state index contributed by atoms with van der Waals surface area (Å²) >= 11 is 0. The Bertz CT molecular complexity index is 298. The van der Waals surface area contributed by atoms with Crippen molar-refractivity contribution in [2.45, 2.75) is 18.9 Å². The summed E-state index contributed by atoms with van der Waals surface area (Å²) in [4.78, 5) is 10.7. The fraction of sp³-hybridized carbons (Fsp3) is 0.857. The molecule has 0 aromatic rings. The molecular formula is C7H13NO4S. The highest BCUT2D eigenvalue weighted by atomic mass is 32.2. The van der Waals surface area contributed by atoms with Gasteiger partial charge in [0.1, 0.15) is 9.84 Å². The van der Waals surface area contributed by atoms with Gasteiger partial charge in [-0.15, -0.1) is 0 Å². The van der Waals surface area contributed by atoms with E-state index in [4.69, 9.17) is 10.8 Å². The fourth-order valence-electron chi connectivity index (χ4n) is 1.45. The minimum absolute atomic E-state index is 0.0119. The average molecular weight is 207 g/mol. The standard InChI is InChI=1S/C7H13NO4S/c8-6-2-4-13(11,12)3-1-5(6)7(9)10/h5-6H,1-4,8H2,(H,9,10)/t5-,6-/m0/s1. The van der Waals surface area contributed by atoms with Gasteiger partial charge in [0, 0.05) is 6.04 Å². The van der Waals surface area contributed by atoms with E-state index in [-0.39, 0.29) is 24.3 Å². The highest BCUT2D eigenvalue weighted by Gasteiger charge is 2.31. The van der Waals surface area contributed by atoms with E-state index < -0.39 is 27.8 Å². The maximum Gasteiger partial charge on any atom is 0.308 e. The zero-order valence-electron chi connectivity index (χ0n) is 7.14. The molecule has 0 saturated carbocycles. The molecule has 1 aliphatic rings. The second-order valence-corrected chi connectivity index (χ2v) is 5.64. The van der Waals surface area contributed by atoms with Gasteiger partial charge < -0.3 is 10.8 Å². The Morgan fingerprint density at radius 1 is 1.31 bits per heavy atom. The van der Waals surface area contributed by atoms with Crippen LogP contribution in [0.5, 0.6) is 0 Å². The van der Waals surface area contributed by atoms with Gasteiger partial charge in [0.15, 0.2) is 0 Å². The molecule has 3 N–H and O–H groups in total. The minimum atomic E-state index is -3.06. The zero-order chi connectivity index (χ0) is 10.1. The van der Waals surface area contributed by atoms with Crippen molar-refractivity contribution < 1.29 is 18.3 Å². The maximum absolute atomic E-state index is 11.1. The molecule has 0 amide bonds. The molecule has 1 rings (SSSR count). The molecule has 5 nitrogen and oxygen atoms in total. The van der Waals surface area contributed by atoms with Gasteiger partial charge in [0.05, 0.1) is 17.4 Å². The van der Waals surface area contributed by atoms with Crippen molar-refractivity contribution in [3.63, 3.8) is 0 Å². The van der Waals surface area contributed by atoms with Gasteiger partial charge in [0.25, 0.3) is 0 Å². The highest BCUT2D eigenvalue weighted by molar-refractivity contribution is 7.91. The van der Waals surface area contributed by atoms with Gasteiger partial charge in [-0.3, -0.25) is 4.79 Å². The SMILES string of the molecule is N[C@H]1CCS(=O)(=O)CC[C@@H]1C(=O)O. The number of aliphatic carboxylic acids is 1. The van der Waals surface area contributed by atoms with Crippen molar-refractivity contribution in [3.8, 4) is 0 Å². The van der Waals surface area contributed by atoms with E-state index in [0.717, 1.165) is 0 Å². The van der Waals surface area contributed by atoms with Crippen molar-refractivity contribution >= 4 is 15.8 Å². The molecule has 6 heteroatoms. The van der Waals surface area contributed by atoms with E-state index in [2.05, 4.69) is 0 Å². The van der Waals surface area contributed by atoms with Crippen LogP contribution in [-0.2, 0) is 14.6 Å². The third-order valence-corrected chi connectivity index (χ3v) is 4.05. The van der Waals surface area contributed by atoms with Crippen LogP contribution in [0, 0.1) is 5.92 Å². The molecule has 2 atom stereocenters. The topological polar surface area (TPSA) is 97.5 Å². The molecule has 76 valence electrons. The Kier molecular flexibility index (Phi) is 2.92. The number of carbonyl (C=O) groups is 1. The molecule has 0 aliphatic carbocycles. The molecule has 0 aromatic heterocycles. The van der Waals surface area contributed by atoms with Crippen molar-refractivity contribution in [2.24, 2.45) is 11.7 Å². The first-order chi connectivity index (χ1) is 5.92. The molecule has 0 unspecified atom stereocenters. The number of sulfone groups is 1. The average Bonchev–Trinajstić information content (AvgIpc) is 2.11. The Hall–Kier alpha value is -0.620. The van der Waals surface area contributed by atoms with Gasteiger partial charge in [-0.05, 0) is 12.8 Å². The first kappa shape index (κ1) is 10.5. The predicted molar refractivity (Wildman–Crippen MR) is 47.0 cm³/mol. The lowest BCUT2D eigenvalue weighted by molar-refractivity contribution is -0.142. The van der Waals surface area contributed by atoms with Crippen molar-refractivity contribution in [2.75, 3.05) is 11.5 Å². The van der Waals surface area contributed by atoms with Gasteiger partial charge in [-0.1, -0.05) is 0 Å². The fourth-order valence-corrected chi connectivity index (χ4v) is 2.89. The van der Waals surface area contributed by atoms with Crippen LogP contribution in [-0.4, -0.2) is 37.0 Å².